The Morgan fingerprint density at radius 3 is 2.44 bits per heavy atom. The van der Waals surface area contributed by atoms with Crippen LogP contribution < -0.4 is 4.72 Å². The van der Waals surface area contributed by atoms with Crippen molar-refractivity contribution in [1.82, 2.24) is 19.5 Å². The molecule has 7 nitrogen and oxygen atoms in total. The van der Waals surface area contributed by atoms with Crippen LogP contribution >= 0.6 is 0 Å². The first-order valence-corrected chi connectivity index (χ1v) is 7.47. The standard InChI is InChI=1S/C10H19N5O2S/c1-7-4-8(2)6-15(5-7)18(16,17)14-10-11-9(3)12-13-10/h7-8H,4-6H2,1-3H3,(H2,11,12,13,14). The third-order valence-corrected chi connectivity index (χ3v) is 4.41. The molecule has 1 aromatic rings. The van der Waals surface area contributed by atoms with E-state index >= 15 is 0 Å². The zero-order chi connectivity index (χ0) is 13.3. The maximum Gasteiger partial charge on any atom is 0.304 e. The fourth-order valence-electron chi connectivity index (χ4n) is 2.37. The van der Waals surface area contributed by atoms with Gasteiger partial charge in [0, 0.05) is 13.1 Å². The number of nitrogens with zero attached hydrogens (tertiary/aromatic N) is 3. The quantitative estimate of drug-likeness (QED) is 0.850. The van der Waals surface area contributed by atoms with E-state index in [0.29, 0.717) is 30.7 Å². The van der Waals surface area contributed by atoms with Crippen molar-refractivity contribution >= 4 is 16.2 Å². The summed E-state index contributed by atoms with van der Waals surface area (Å²) in [5.41, 5.74) is 0. The van der Waals surface area contributed by atoms with E-state index in [4.69, 9.17) is 0 Å². The van der Waals surface area contributed by atoms with E-state index in [0.717, 1.165) is 6.42 Å². The van der Waals surface area contributed by atoms with Gasteiger partial charge >= 0.3 is 10.2 Å². The van der Waals surface area contributed by atoms with Crippen molar-refractivity contribution in [1.29, 1.82) is 0 Å². The Labute approximate surface area is 107 Å². The molecule has 1 aliphatic rings. The highest BCUT2D eigenvalue weighted by atomic mass is 32.2. The number of piperidine rings is 1. The molecule has 102 valence electrons. The van der Waals surface area contributed by atoms with Gasteiger partial charge < -0.3 is 0 Å². The average molecular weight is 273 g/mol. The molecular formula is C10H19N5O2S. The fraction of sp³-hybridized carbons (Fsp3) is 0.800. The van der Waals surface area contributed by atoms with Crippen LogP contribution in [0.3, 0.4) is 0 Å². The fourth-order valence-corrected chi connectivity index (χ4v) is 3.72. The van der Waals surface area contributed by atoms with E-state index in [1.54, 1.807) is 6.92 Å². The van der Waals surface area contributed by atoms with Gasteiger partial charge in [-0.15, -0.1) is 5.10 Å². The molecule has 1 aliphatic heterocycles. The molecule has 0 spiro atoms. The average Bonchev–Trinajstić information content (AvgIpc) is 2.61. The first-order chi connectivity index (χ1) is 8.37. The van der Waals surface area contributed by atoms with E-state index < -0.39 is 10.2 Å². The number of aromatic amines is 1. The summed E-state index contributed by atoms with van der Waals surface area (Å²) < 4.78 is 28.2. The maximum atomic E-state index is 12.2. The number of hydrogen-bond acceptors (Lipinski definition) is 4. The topological polar surface area (TPSA) is 91.0 Å². The molecule has 1 fully saturated rings. The van der Waals surface area contributed by atoms with Crippen molar-refractivity contribution in [3.05, 3.63) is 5.82 Å². The predicted molar refractivity (Wildman–Crippen MR) is 68.2 cm³/mol. The lowest BCUT2D eigenvalue weighted by atomic mass is 9.94. The van der Waals surface area contributed by atoms with Gasteiger partial charge in [0.25, 0.3) is 5.95 Å². The van der Waals surface area contributed by atoms with Crippen LogP contribution in [0.4, 0.5) is 5.95 Å². The SMILES string of the molecule is Cc1nc(NS(=O)(=O)N2CC(C)CC(C)C2)n[nH]1. The zero-order valence-electron chi connectivity index (χ0n) is 10.8. The van der Waals surface area contributed by atoms with Crippen LogP contribution in [0.5, 0.6) is 0 Å². The van der Waals surface area contributed by atoms with E-state index in [9.17, 15) is 8.42 Å². The molecule has 0 amide bonds. The summed E-state index contributed by atoms with van der Waals surface area (Å²) in [6.45, 7) is 6.94. The van der Waals surface area contributed by atoms with Crippen LogP contribution in [0.1, 0.15) is 26.1 Å². The van der Waals surface area contributed by atoms with Gasteiger partial charge in [-0.3, -0.25) is 5.10 Å². The highest BCUT2D eigenvalue weighted by Crippen LogP contribution is 2.23. The lowest BCUT2D eigenvalue weighted by molar-refractivity contribution is 0.223. The molecule has 2 atom stereocenters. The molecule has 0 bridgehead atoms. The van der Waals surface area contributed by atoms with Gasteiger partial charge in [-0.05, 0) is 25.2 Å². The monoisotopic (exact) mass is 273 g/mol. The minimum Gasteiger partial charge on any atom is -0.261 e. The summed E-state index contributed by atoms with van der Waals surface area (Å²) in [7, 11) is -3.55. The third-order valence-electron chi connectivity index (χ3n) is 2.99. The third kappa shape index (κ3) is 2.99. The van der Waals surface area contributed by atoms with E-state index in [1.165, 1.54) is 4.31 Å². The van der Waals surface area contributed by atoms with E-state index in [2.05, 4.69) is 33.8 Å². The normalized spacial score (nSPS) is 26.2. The largest absolute Gasteiger partial charge is 0.304 e. The first kappa shape index (κ1) is 13.3. The van der Waals surface area contributed by atoms with Gasteiger partial charge in [0.05, 0.1) is 0 Å². The Bertz CT molecular complexity index is 502. The second-order valence-electron chi connectivity index (χ2n) is 5.11. The van der Waals surface area contributed by atoms with Gasteiger partial charge in [-0.2, -0.15) is 17.7 Å². The van der Waals surface area contributed by atoms with Crippen molar-refractivity contribution in [3.8, 4) is 0 Å². The number of rotatable bonds is 3. The molecule has 8 heteroatoms. The number of H-pyrrole nitrogens is 1. The molecule has 2 unspecified atom stereocenters. The first-order valence-electron chi connectivity index (χ1n) is 6.03. The second-order valence-corrected chi connectivity index (χ2v) is 6.79. The van der Waals surface area contributed by atoms with Crippen molar-refractivity contribution in [3.63, 3.8) is 0 Å². The van der Waals surface area contributed by atoms with Crippen LogP contribution in [-0.2, 0) is 10.2 Å². The van der Waals surface area contributed by atoms with Crippen LogP contribution in [0.15, 0.2) is 0 Å². The highest BCUT2D eigenvalue weighted by molar-refractivity contribution is 7.90. The van der Waals surface area contributed by atoms with Crippen molar-refractivity contribution < 1.29 is 8.42 Å². The Morgan fingerprint density at radius 1 is 1.33 bits per heavy atom. The van der Waals surface area contributed by atoms with E-state index in [-0.39, 0.29) is 5.95 Å². The summed E-state index contributed by atoms with van der Waals surface area (Å²) in [6.07, 6.45) is 1.06. The minimum atomic E-state index is -3.55. The molecule has 0 aliphatic carbocycles. The molecule has 1 saturated heterocycles. The Kier molecular flexibility index (Phi) is 3.58. The van der Waals surface area contributed by atoms with Crippen LogP contribution in [0, 0.1) is 18.8 Å². The molecule has 1 aromatic heterocycles. The number of nitrogens with one attached hydrogen (secondary N) is 2. The lowest BCUT2D eigenvalue weighted by Gasteiger charge is -2.33. The lowest BCUT2D eigenvalue weighted by Crippen LogP contribution is -2.45. The number of anilines is 1. The Balaban J connectivity index is 2.10. The number of hydrogen-bond donors (Lipinski definition) is 2. The van der Waals surface area contributed by atoms with Crippen molar-refractivity contribution in [2.75, 3.05) is 17.8 Å². The van der Waals surface area contributed by atoms with Gasteiger partial charge in [-0.1, -0.05) is 13.8 Å². The number of aromatic nitrogens is 3. The van der Waals surface area contributed by atoms with Crippen LogP contribution in [0.2, 0.25) is 0 Å². The van der Waals surface area contributed by atoms with Crippen LogP contribution in [0.25, 0.3) is 0 Å². The molecule has 0 radical (unpaired) electrons. The maximum absolute atomic E-state index is 12.2. The molecule has 2 N–H and O–H groups in total. The van der Waals surface area contributed by atoms with Gasteiger partial charge in [0.2, 0.25) is 0 Å². The smallest absolute Gasteiger partial charge is 0.261 e. The summed E-state index contributed by atoms with van der Waals surface area (Å²) in [6, 6.07) is 0. The van der Waals surface area contributed by atoms with Crippen molar-refractivity contribution in [2.24, 2.45) is 11.8 Å². The Hall–Kier alpha value is -1.15. The molecule has 2 rings (SSSR count). The molecule has 0 saturated carbocycles. The van der Waals surface area contributed by atoms with Gasteiger partial charge in [0.1, 0.15) is 5.82 Å². The van der Waals surface area contributed by atoms with E-state index in [1.807, 2.05) is 0 Å². The second kappa shape index (κ2) is 4.85. The zero-order valence-corrected chi connectivity index (χ0v) is 11.7. The number of aryl methyl sites for hydroxylation is 1. The minimum absolute atomic E-state index is 0.0957. The molecular weight excluding hydrogens is 254 g/mol. The van der Waals surface area contributed by atoms with Gasteiger partial charge in [-0.25, -0.2) is 4.72 Å². The predicted octanol–water partition coefficient (Wildman–Crippen LogP) is 0.748. The molecule has 0 aromatic carbocycles. The molecule has 18 heavy (non-hydrogen) atoms. The molecule has 2 heterocycles. The summed E-state index contributed by atoms with van der Waals surface area (Å²) in [4.78, 5) is 3.95. The summed E-state index contributed by atoms with van der Waals surface area (Å²) in [5, 5.41) is 6.39. The highest BCUT2D eigenvalue weighted by Gasteiger charge is 2.31. The van der Waals surface area contributed by atoms with Gasteiger partial charge in [0.15, 0.2) is 0 Å². The van der Waals surface area contributed by atoms with Crippen molar-refractivity contribution in [2.45, 2.75) is 27.2 Å². The summed E-state index contributed by atoms with van der Waals surface area (Å²) in [5.74, 6) is 1.42. The Morgan fingerprint density at radius 2 is 1.94 bits per heavy atom. The van der Waals surface area contributed by atoms with Crippen LogP contribution in [-0.4, -0.2) is 41.0 Å². The summed E-state index contributed by atoms with van der Waals surface area (Å²) >= 11 is 0.